The minimum Gasteiger partial charge on any atom is -0.463 e. The highest BCUT2D eigenvalue weighted by molar-refractivity contribution is 7.47. The van der Waals surface area contributed by atoms with Crippen molar-refractivity contribution in [2.45, 2.75) is 334 Å². The number of phosphoric ester groups is 2. The monoisotopic (exact) mass is 1350 g/mol. The van der Waals surface area contributed by atoms with E-state index in [-0.39, 0.29) is 19.3 Å². The molecule has 5 unspecified atom stereocenters. The molecule has 0 aliphatic carbocycles. The van der Waals surface area contributed by atoms with Crippen LogP contribution in [0.2, 0.25) is 0 Å². The molecule has 0 rings (SSSR count). The van der Waals surface area contributed by atoms with Gasteiger partial charge in [-0.15, -0.1) is 0 Å². The van der Waals surface area contributed by atoms with Crippen LogP contribution in [0.5, 0.6) is 0 Å². The van der Waals surface area contributed by atoms with E-state index in [1.165, 1.54) is 128 Å². The zero-order valence-electron chi connectivity index (χ0n) is 58.7. The third kappa shape index (κ3) is 69.9. The number of hydrogen-bond donors (Lipinski definition) is 4. The fourth-order valence-electron chi connectivity index (χ4n) is 9.87. The Morgan fingerprint density at radius 2 is 0.538 bits per heavy atom. The molecule has 18 heteroatoms. The topological polar surface area (TPSA) is 231 Å². The first-order valence-corrected chi connectivity index (χ1v) is 39.9. The highest BCUT2D eigenvalue weighted by atomic mass is 31.2. The van der Waals surface area contributed by atoms with E-state index in [0.29, 0.717) is 19.3 Å². The average molecular weight is 1350 g/mol. The van der Waals surface area contributed by atoms with E-state index >= 15 is 0 Å². The normalized spacial score (nSPS) is 14.6. The number of ether oxygens (including phenoxy) is 3. The number of rotatable bonds is 70. The highest BCUT2D eigenvalue weighted by Crippen LogP contribution is 2.45. The Morgan fingerprint density at radius 3 is 0.882 bits per heavy atom. The molecule has 0 bridgehead atoms. The molecule has 540 valence electrons. The molecule has 0 saturated heterocycles. The molecule has 0 aliphatic rings. The molecular formula is C75H134O16P2. The van der Waals surface area contributed by atoms with Crippen molar-refractivity contribution in [2.75, 3.05) is 39.6 Å². The molecule has 0 radical (unpaired) electrons. The van der Waals surface area contributed by atoms with Gasteiger partial charge in [-0.25, -0.2) is 9.13 Å². The predicted molar refractivity (Wildman–Crippen MR) is 381 cm³/mol. The predicted octanol–water partition coefficient (Wildman–Crippen LogP) is 20.9. The molecular weight excluding hydrogens is 1220 g/mol. The first-order valence-electron chi connectivity index (χ1n) is 36.9. The van der Waals surface area contributed by atoms with E-state index in [1.807, 2.05) is 0 Å². The summed E-state index contributed by atoms with van der Waals surface area (Å²) in [6.07, 6.45) is 75.0. The number of allylic oxidation sites excluding steroid dienone is 14. The number of aliphatic hydroxyl groups is 2. The Balaban J connectivity index is 4.44. The van der Waals surface area contributed by atoms with Crippen molar-refractivity contribution in [1.82, 2.24) is 0 Å². The van der Waals surface area contributed by atoms with Gasteiger partial charge in [0.15, 0.2) is 6.10 Å². The summed E-state index contributed by atoms with van der Waals surface area (Å²) in [6, 6.07) is 0. The number of hydrogen-bond acceptors (Lipinski definition) is 14. The largest absolute Gasteiger partial charge is 0.472 e. The summed E-state index contributed by atoms with van der Waals surface area (Å²) in [5.41, 5.74) is 0. The summed E-state index contributed by atoms with van der Waals surface area (Å²) >= 11 is 0. The van der Waals surface area contributed by atoms with Crippen molar-refractivity contribution in [3.63, 3.8) is 0 Å². The van der Waals surface area contributed by atoms with E-state index in [9.17, 15) is 43.5 Å². The van der Waals surface area contributed by atoms with Crippen LogP contribution in [-0.2, 0) is 55.8 Å². The molecule has 0 amide bonds. The quantitative estimate of drug-likeness (QED) is 0.0146. The van der Waals surface area contributed by atoms with Gasteiger partial charge in [-0.05, 0) is 122 Å². The summed E-state index contributed by atoms with van der Waals surface area (Å²) < 4.78 is 60.9. The third-order valence-electron chi connectivity index (χ3n) is 15.6. The Labute approximate surface area is 565 Å². The zero-order chi connectivity index (χ0) is 68.1. The summed E-state index contributed by atoms with van der Waals surface area (Å²) in [5, 5.41) is 20.6. The zero-order valence-corrected chi connectivity index (χ0v) is 60.5. The minimum absolute atomic E-state index is 0.0929. The molecule has 16 nitrogen and oxygen atoms in total. The van der Waals surface area contributed by atoms with E-state index < -0.39 is 91.5 Å². The van der Waals surface area contributed by atoms with E-state index in [2.05, 4.69) is 106 Å². The fraction of sp³-hybridized carbons (Fsp3) is 0.773. The first-order chi connectivity index (χ1) is 45.2. The Kier molecular flexibility index (Phi) is 66.2. The standard InChI is InChI=1S/C75H134O16P2/c1-4-7-10-13-16-19-22-25-27-28-29-30-31-32-33-34-35-36-37-38-39-40-42-45-46-49-52-55-58-61-73(78)85-64-70(76)65-87-92(81,82)88-66-71(77)67-89-93(83,84)90-69-72(91-75(80)63-60-57-54-51-48-43-24-21-18-15-12-9-6-3)68-86-74(79)62-59-56-53-50-47-44-41-26-23-20-17-14-11-8-5-2/h16-17,19-21,24-27,29-30,32-33,41,70-72,76-77H,4-15,18,22-23,28,31,34-40,42-69H2,1-3H3,(H,81,82)(H,83,84)/b19-16-,20-17-,24-21-,27-25-,30-29-,33-32-,41-26-. The molecule has 4 N–H and O–H groups in total. The SMILES string of the molecule is CCCCC/C=C\C/C=C\C/C=C\C/C=C\CCCCCCCCCCCCCCCC(=O)OCC(O)COP(=O)(O)OCC(O)COP(=O)(O)OCC(COC(=O)CCCCCCC/C=C\C/C=C\CCCCC)OC(=O)CCCCCCC/C=C\CCCCCC. The fourth-order valence-corrected chi connectivity index (χ4v) is 11.5. The second kappa shape index (κ2) is 68.7. The molecule has 0 aromatic carbocycles. The van der Waals surface area contributed by atoms with Gasteiger partial charge in [0.1, 0.15) is 25.4 Å². The van der Waals surface area contributed by atoms with Crippen molar-refractivity contribution in [2.24, 2.45) is 0 Å². The van der Waals surface area contributed by atoms with Crippen molar-refractivity contribution in [3.05, 3.63) is 85.1 Å². The van der Waals surface area contributed by atoms with Gasteiger partial charge in [-0.3, -0.25) is 32.5 Å². The molecule has 0 aromatic rings. The summed E-state index contributed by atoms with van der Waals surface area (Å²) in [7, 11) is -9.78. The Hall–Kier alpha value is -3.27. The van der Waals surface area contributed by atoms with Crippen LogP contribution in [0.15, 0.2) is 85.1 Å². The molecule has 0 fully saturated rings. The average Bonchev–Trinajstić information content (AvgIpc) is 2.91. The number of aliphatic hydroxyl groups excluding tert-OH is 2. The lowest BCUT2D eigenvalue weighted by Gasteiger charge is -2.21. The van der Waals surface area contributed by atoms with Crippen molar-refractivity contribution in [1.29, 1.82) is 0 Å². The smallest absolute Gasteiger partial charge is 0.463 e. The summed E-state index contributed by atoms with van der Waals surface area (Å²) in [4.78, 5) is 58.4. The van der Waals surface area contributed by atoms with Crippen LogP contribution in [0.4, 0.5) is 0 Å². The van der Waals surface area contributed by atoms with Gasteiger partial charge >= 0.3 is 33.6 Å². The first kappa shape index (κ1) is 89.7. The van der Waals surface area contributed by atoms with Crippen molar-refractivity contribution >= 4 is 33.6 Å². The van der Waals surface area contributed by atoms with E-state index in [1.54, 1.807) is 0 Å². The molecule has 0 spiro atoms. The number of carbonyl (C=O) groups is 3. The van der Waals surface area contributed by atoms with Crippen LogP contribution in [0.25, 0.3) is 0 Å². The molecule has 93 heavy (non-hydrogen) atoms. The number of phosphoric acid groups is 2. The lowest BCUT2D eigenvalue weighted by Crippen LogP contribution is -2.30. The maximum Gasteiger partial charge on any atom is 0.472 e. The van der Waals surface area contributed by atoms with Crippen LogP contribution < -0.4 is 0 Å². The highest BCUT2D eigenvalue weighted by Gasteiger charge is 2.29. The summed E-state index contributed by atoms with van der Waals surface area (Å²) in [6.45, 7) is 2.59. The third-order valence-corrected chi connectivity index (χ3v) is 17.5. The molecule has 0 heterocycles. The second-order valence-electron chi connectivity index (χ2n) is 24.7. The second-order valence-corrected chi connectivity index (χ2v) is 27.6. The van der Waals surface area contributed by atoms with E-state index in [4.69, 9.17) is 32.3 Å². The molecule has 0 aromatic heterocycles. The van der Waals surface area contributed by atoms with Crippen LogP contribution in [-0.4, -0.2) is 95.9 Å². The van der Waals surface area contributed by atoms with Crippen LogP contribution in [0, 0.1) is 0 Å². The van der Waals surface area contributed by atoms with Crippen molar-refractivity contribution in [3.8, 4) is 0 Å². The van der Waals surface area contributed by atoms with Crippen molar-refractivity contribution < 1.29 is 75.8 Å². The number of esters is 3. The van der Waals surface area contributed by atoms with Gasteiger partial charge in [-0.2, -0.15) is 0 Å². The van der Waals surface area contributed by atoms with Gasteiger partial charge in [-0.1, -0.05) is 260 Å². The molecule has 5 atom stereocenters. The van der Waals surface area contributed by atoms with Crippen LogP contribution >= 0.6 is 15.6 Å². The van der Waals surface area contributed by atoms with Gasteiger partial charge in [0, 0.05) is 19.3 Å². The summed E-state index contributed by atoms with van der Waals surface area (Å²) in [5.74, 6) is -1.59. The van der Waals surface area contributed by atoms with Gasteiger partial charge < -0.3 is 34.2 Å². The van der Waals surface area contributed by atoms with E-state index in [0.717, 1.165) is 128 Å². The lowest BCUT2D eigenvalue weighted by atomic mass is 10.0. The van der Waals surface area contributed by atoms with Crippen LogP contribution in [0.3, 0.4) is 0 Å². The van der Waals surface area contributed by atoms with Crippen LogP contribution in [0.1, 0.15) is 316 Å². The Morgan fingerprint density at radius 1 is 0.301 bits per heavy atom. The van der Waals surface area contributed by atoms with Gasteiger partial charge in [0.25, 0.3) is 0 Å². The molecule has 0 aliphatic heterocycles. The number of carbonyl (C=O) groups excluding carboxylic acids is 3. The molecule has 0 saturated carbocycles. The van der Waals surface area contributed by atoms with Gasteiger partial charge in [0.05, 0.1) is 26.4 Å². The number of unbranched alkanes of at least 4 members (excludes halogenated alkanes) is 33. The lowest BCUT2D eigenvalue weighted by molar-refractivity contribution is -0.161. The Bertz CT molecular complexity index is 2040. The van der Waals surface area contributed by atoms with Gasteiger partial charge in [0.2, 0.25) is 0 Å². The maximum absolute atomic E-state index is 12.9. The maximum atomic E-state index is 12.9. The minimum atomic E-state index is -4.92.